The highest BCUT2D eigenvalue weighted by Crippen LogP contribution is 2.46. The van der Waals surface area contributed by atoms with Gasteiger partial charge < -0.3 is 4.74 Å². The molecule has 10 rings (SSSR count). The molecule has 0 N–H and O–H groups in total. The molecular formula is C45H28N4O. The van der Waals surface area contributed by atoms with Gasteiger partial charge in [-0.15, -0.1) is 0 Å². The van der Waals surface area contributed by atoms with Gasteiger partial charge in [-0.25, -0.2) is 15.0 Å². The maximum absolute atomic E-state index is 7.05. The molecule has 234 valence electrons. The van der Waals surface area contributed by atoms with Crippen molar-refractivity contribution in [3.05, 3.63) is 169 Å². The predicted molar refractivity (Wildman–Crippen MR) is 203 cm³/mol. The van der Waals surface area contributed by atoms with Crippen molar-refractivity contribution in [1.82, 2.24) is 19.5 Å². The number of aromatic nitrogens is 4. The van der Waals surface area contributed by atoms with E-state index in [-0.39, 0.29) is 0 Å². The Hall–Kier alpha value is -6.85. The lowest BCUT2D eigenvalue weighted by atomic mass is 9.91. The molecule has 0 unspecified atom stereocenters. The molecule has 6 aromatic carbocycles. The van der Waals surface area contributed by atoms with Crippen LogP contribution in [0.25, 0.3) is 84.2 Å². The Morgan fingerprint density at radius 1 is 0.460 bits per heavy atom. The highest BCUT2D eigenvalue weighted by Gasteiger charge is 2.20. The molecule has 0 bridgehead atoms. The largest absolute Gasteiger partial charge is 0.455 e. The van der Waals surface area contributed by atoms with Gasteiger partial charge in [0.15, 0.2) is 0 Å². The van der Waals surface area contributed by atoms with E-state index in [2.05, 4.69) is 143 Å². The van der Waals surface area contributed by atoms with E-state index in [4.69, 9.17) is 9.72 Å². The third-order valence-corrected chi connectivity index (χ3v) is 9.63. The van der Waals surface area contributed by atoms with Crippen LogP contribution in [-0.2, 0) is 0 Å². The summed E-state index contributed by atoms with van der Waals surface area (Å²) in [6, 6.07) is 48.9. The molecule has 0 aliphatic carbocycles. The van der Waals surface area contributed by atoms with Crippen LogP contribution in [0.15, 0.2) is 158 Å². The molecule has 0 radical (unpaired) electrons. The summed E-state index contributed by atoms with van der Waals surface area (Å²) in [7, 11) is 0. The van der Waals surface area contributed by atoms with Crippen molar-refractivity contribution in [2.75, 3.05) is 0 Å². The normalized spacial score (nSPS) is 12.1. The number of nitrogens with zero attached hydrogens (tertiary/aromatic N) is 4. The molecule has 1 aliphatic heterocycles. The summed E-state index contributed by atoms with van der Waals surface area (Å²) in [4.78, 5) is 13.8. The van der Waals surface area contributed by atoms with Crippen LogP contribution in [0.4, 0.5) is 0 Å². The third kappa shape index (κ3) is 4.52. The third-order valence-electron chi connectivity index (χ3n) is 9.63. The summed E-state index contributed by atoms with van der Waals surface area (Å²) in [6.45, 7) is 0. The quantitative estimate of drug-likeness (QED) is 0.189. The molecule has 1 aliphatic rings. The molecule has 50 heavy (non-hydrogen) atoms. The van der Waals surface area contributed by atoms with Crippen molar-refractivity contribution in [2.24, 2.45) is 0 Å². The summed E-state index contributed by atoms with van der Waals surface area (Å²) < 4.78 is 9.08. The smallest absolute Gasteiger partial charge is 0.235 e. The van der Waals surface area contributed by atoms with Crippen molar-refractivity contribution < 1.29 is 4.74 Å². The Bertz CT molecular complexity index is 2800. The average molecular weight is 641 g/mol. The van der Waals surface area contributed by atoms with Crippen molar-refractivity contribution in [3.8, 4) is 50.8 Å². The number of hydrogen-bond acceptors (Lipinski definition) is 4. The van der Waals surface area contributed by atoms with Crippen LogP contribution in [-0.4, -0.2) is 19.5 Å². The molecule has 0 spiro atoms. The first-order valence-corrected chi connectivity index (χ1v) is 16.7. The molecule has 3 aromatic heterocycles. The van der Waals surface area contributed by atoms with Crippen LogP contribution in [0.1, 0.15) is 11.1 Å². The van der Waals surface area contributed by atoms with Crippen LogP contribution in [0.3, 0.4) is 0 Å². The molecule has 5 heteroatoms. The Kier molecular flexibility index (Phi) is 6.42. The minimum atomic E-state index is 0.599. The van der Waals surface area contributed by atoms with Crippen LogP contribution < -0.4 is 4.74 Å². The average Bonchev–Trinajstić information content (AvgIpc) is 3.50. The molecule has 0 saturated heterocycles. The summed E-state index contributed by atoms with van der Waals surface area (Å²) in [5.74, 6) is 2.26. The number of para-hydroxylation sites is 1. The number of hydrogen-bond donors (Lipinski definition) is 0. The lowest BCUT2D eigenvalue weighted by molar-refractivity contribution is 0.492. The van der Waals surface area contributed by atoms with Gasteiger partial charge in [0.05, 0.1) is 5.52 Å². The van der Waals surface area contributed by atoms with Crippen LogP contribution in [0.5, 0.6) is 11.5 Å². The lowest BCUT2D eigenvalue weighted by Gasteiger charge is -2.18. The topological polar surface area (TPSA) is 52.8 Å². The van der Waals surface area contributed by atoms with Gasteiger partial charge in [-0.05, 0) is 87.3 Å². The fourth-order valence-corrected chi connectivity index (χ4v) is 7.27. The number of benzene rings is 6. The predicted octanol–water partition coefficient (Wildman–Crippen LogP) is 11.4. The van der Waals surface area contributed by atoms with Crippen LogP contribution in [0, 0.1) is 0 Å². The minimum Gasteiger partial charge on any atom is -0.455 e. The molecule has 0 saturated carbocycles. The zero-order chi connectivity index (χ0) is 33.0. The van der Waals surface area contributed by atoms with Gasteiger partial charge in [0.2, 0.25) is 5.95 Å². The molecule has 0 amide bonds. The van der Waals surface area contributed by atoms with Crippen LogP contribution in [0.2, 0.25) is 0 Å². The van der Waals surface area contributed by atoms with E-state index < -0.39 is 0 Å². The van der Waals surface area contributed by atoms with E-state index in [1.807, 2.05) is 29.0 Å². The lowest BCUT2D eigenvalue weighted by Crippen LogP contribution is -2.00. The zero-order valence-corrected chi connectivity index (χ0v) is 26.9. The number of pyridine rings is 1. The molecule has 5 nitrogen and oxygen atoms in total. The summed E-state index contributed by atoms with van der Waals surface area (Å²) >= 11 is 0. The van der Waals surface area contributed by atoms with E-state index in [9.17, 15) is 0 Å². The SMILES string of the molecule is C1=Cc2ccc(-c3ccc4c(c3)c3cccnc3n4-c3ncccn3)cc2-c2ccc3ccccc3c2Oc2ccccc2-c2ccccc21. The molecule has 9 aromatic rings. The molecule has 0 fully saturated rings. The fourth-order valence-electron chi connectivity index (χ4n) is 7.27. The van der Waals surface area contributed by atoms with E-state index in [0.717, 1.165) is 88.7 Å². The maximum Gasteiger partial charge on any atom is 0.235 e. The summed E-state index contributed by atoms with van der Waals surface area (Å²) in [6.07, 6.45) is 9.79. The zero-order valence-electron chi connectivity index (χ0n) is 26.9. The second kappa shape index (κ2) is 11.4. The van der Waals surface area contributed by atoms with Gasteiger partial charge in [-0.2, -0.15) is 0 Å². The second-order valence-electron chi connectivity index (χ2n) is 12.5. The standard InChI is InChI=1S/C45H28N4O/c1-3-11-34-29(9-1)16-17-31-18-19-32(33-21-23-41-40(28-33)38-14-7-24-46-44(38)49(41)45-47-25-8-26-48-45)27-39(31)37-22-20-30-10-2-4-12-35(30)43(37)50-42-15-6-5-13-36(34)42/h1-28H. The Labute approximate surface area is 288 Å². The second-order valence-corrected chi connectivity index (χ2v) is 12.5. The van der Waals surface area contributed by atoms with Crippen LogP contribution >= 0.6 is 0 Å². The first-order chi connectivity index (χ1) is 24.8. The van der Waals surface area contributed by atoms with Crippen molar-refractivity contribution in [1.29, 1.82) is 0 Å². The molecular weight excluding hydrogens is 613 g/mol. The van der Waals surface area contributed by atoms with Crippen molar-refractivity contribution in [2.45, 2.75) is 0 Å². The van der Waals surface area contributed by atoms with E-state index in [1.54, 1.807) is 12.4 Å². The van der Waals surface area contributed by atoms with E-state index in [0.29, 0.717) is 5.95 Å². The minimum absolute atomic E-state index is 0.599. The van der Waals surface area contributed by atoms with E-state index in [1.165, 1.54) is 0 Å². The highest BCUT2D eigenvalue weighted by molar-refractivity contribution is 6.09. The summed E-state index contributed by atoms with van der Waals surface area (Å²) in [5.41, 5.74) is 10.6. The van der Waals surface area contributed by atoms with Gasteiger partial charge in [0, 0.05) is 45.9 Å². The summed E-state index contributed by atoms with van der Waals surface area (Å²) in [5, 5.41) is 4.34. The Morgan fingerprint density at radius 2 is 1.18 bits per heavy atom. The van der Waals surface area contributed by atoms with Gasteiger partial charge in [0.25, 0.3) is 0 Å². The van der Waals surface area contributed by atoms with Crippen molar-refractivity contribution >= 4 is 44.9 Å². The number of ether oxygens (including phenoxy) is 1. The molecule has 4 heterocycles. The van der Waals surface area contributed by atoms with Gasteiger partial charge >= 0.3 is 0 Å². The molecule has 0 atom stereocenters. The fraction of sp³-hybridized carbons (Fsp3) is 0. The number of rotatable bonds is 2. The highest BCUT2D eigenvalue weighted by atomic mass is 16.5. The Morgan fingerprint density at radius 3 is 2.10 bits per heavy atom. The first kappa shape index (κ1) is 28.2. The Balaban J connectivity index is 1.22. The van der Waals surface area contributed by atoms with Crippen molar-refractivity contribution in [3.63, 3.8) is 0 Å². The maximum atomic E-state index is 7.05. The van der Waals surface area contributed by atoms with Gasteiger partial charge in [-0.3, -0.25) is 4.57 Å². The van der Waals surface area contributed by atoms with E-state index >= 15 is 0 Å². The monoisotopic (exact) mass is 640 g/mol. The van der Waals surface area contributed by atoms with Gasteiger partial charge in [0.1, 0.15) is 17.1 Å². The number of fused-ring (bicyclic) bond motifs is 11. The first-order valence-electron chi connectivity index (χ1n) is 16.7. The van der Waals surface area contributed by atoms with Gasteiger partial charge in [-0.1, -0.05) is 103 Å².